The molecule has 0 heterocycles. The number of hydrogen-bond donors (Lipinski definition) is 0. The fourth-order valence-corrected chi connectivity index (χ4v) is 2.52. The summed E-state index contributed by atoms with van der Waals surface area (Å²) < 4.78 is 0. The molecule has 1 atom stereocenters. The quantitative estimate of drug-likeness (QED) is 0.538. The lowest BCUT2D eigenvalue weighted by Crippen LogP contribution is -1.99. The van der Waals surface area contributed by atoms with Gasteiger partial charge in [0, 0.05) is 0 Å². The smallest absolute Gasteiger partial charge is 0.0162 e. The number of benzene rings is 1. The van der Waals surface area contributed by atoms with E-state index in [1.54, 1.807) is 5.56 Å². The molecule has 1 aromatic rings. The highest BCUT2D eigenvalue weighted by Crippen LogP contribution is 2.27. The first-order valence-electron chi connectivity index (χ1n) is 7.40. The van der Waals surface area contributed by atoms with Crippen molar-refractivity contribution in [2.75, 3.05) is 0 Å². The molecule has 0 saturated carbocycles. The molecule has 0 saturated heterocycles. The summed E-state index contributed by atoms with van der Waals surface area (Å²) in [6, 6.07) is 9.38. The van der Waals surface area contributed by atoms with Crippen LogP contribution in [0.3, 0.4) is 0 Å². The SMILES string of the molecule is CCCCC(CCC)c1ccc(CCC)cc1. The van der Waals surface area contributed by atoms with Crippen molar-refractivity contribution < 1.29 is 0 Å². The van der Waals surface area contributed by atoms with E-state index in [0.29, 0.717) is 0 Å². The Morgan fingerprint density at radius 2 is 1.53 bits per heavy atom. The van der Waals surface area contributed by atoms with Crippen molar-refractivity contribution in [1.82, 2.24) is 0 Å². The molecule has 1 unspecified atom stereocenters. The van der Waals surface area contributed by atoms with Crippen molar-refractivity contribution in [1.29, 1.82) is 0 Å². The first kappa shape index (κ1) is 14.3. The van der Waals surface area contributed by atoms with Gasteiger partial charge in [-0.3, -0.25) is 0 Å². The largest absolute Gasteiger partial charge is 0.0654 e. The maximum absolute atomic E-state index is 2.36. The van der Waals surface area contributed by atoms with E-state index in [1.807, 2.05) is 0 Å². The van der Waals surface area contributed by atoms with Gasteiger partial charge in [0.05, 0.1) is 0 Å². The Balaban J connectivity index is 2.65. The number of unbranched alkanes of at least 4 members (excludes halogenated alkanes) is 1. The van der Waals surface area contributed by atoms with Gasteiger partial charge in [0.1, 0.15) is 0 Å². The van der Waals surface area contributed by atoms with E-state index in [9.17, 15) is 0 Å². The van der Waals surface area contributed by atoms with Crippen LogP contribution < -0.4 is 0 Å². The molecule has 0 aliphatic rings. The highest BCUT2D eigenvalue weighted by atomic mass is 14.1. The molecule has 1 aromatic carbocycles. The molecular formula is C17H28. The van der Waals surface area contributed by atoms with Crippen molar-refractivity contribution >= 4 is 0 Å². The lowest BCUT2D eigenvalue weighted by Gasteiger charge is -2.16. The van der Waals surface area contributed by atoms with E-state index < -0.39 is 0 Å². The highest BCUT2D eigenvalue weighted by molar-refractivity contribution is 5.25. The highest BCUT2D eigenvalue weighted by Gasteiger charge is 2.09. The van der Waals surface area contributed by atoms with Gasteiger partial charge in [-0.2, -0.15) is 0 Å². The van der Waals surface area contributed by atoms with Crippen molar-refractivity contribution in [3.05, 3.63) is 35.4 Å². The van der Waals surface area contributed by atoms with Crippen LogP contribution in [0.25, 0.3) is 0 Å². The molecular weight excluding hydrogens is 204 g/mol. The summed E-state index contributed by atoms with van der Waals surface area (Å²) in [5.41, 5.74) is 3.04. The van der Waals surface area contributed by atoms with Crippen molar-refractivity contribution in [3.8, 4) is 0 Å². The molecule has 0 aliphatic heterocycles. The fraction of sp³-hybridized carbons (Fsp3) is 0.647. The third-order valence-electron chi connectivity index (χ3n) is 3.53. The zero-order valence-electron chi connectivity index (χ0n) is 11.8. The lowest BCUT2D eigenvalue weighted by molar-refractivity contribution is 0.541. The van der Waals surface area contributed by atoms with E-state index in [2.05, 4.69) is 45.0 Å². The molecule has 0 fully saturated rings. The van der Waals surface area contributed by atoms with E-state index >= 15 is 0 Å². The van der Waals surface area contributed by atoms with Crippen LogP contribution in [0.4, 0.5) is 0 Å². The Labute approximate surface area is 107 Å². The summed E-state index contributed by atoms with van der Waals surface area (Å²) in [7, 11) is 0. The number of rotatable bonds is 8. The predicted octanol–water partition coefficient (Wildman–Crippen LogP) is 5.71. The predicted molar refractivity (Wildman–Crippen MR) is 77.6 cm³/mol. The molecule has 0 aromatic heterocycles. The van der Waals surface area contributed by atoms with Crippen LogP contribution in [-0.4, -0.2) is 0 Å². The second-order valence-corrected chi connectivity index (χ2v) is 5.12. The molecule has 96 valence electrons. The molecule has 0 heteroatoms. The van der Waals surface area contributed by atoms with Crippen LogP contribution in [0, 0.1) is 0 Å². The van der Waals surface area contributed by atoms with Gasteiger partial charge in [0.25, 0.3) is 0 Å². The second-order valence-electron chi connectivity index (χ2n) is 5.12. The third kappa shape index (κ3) is 4.93. The van der Waals surface area contributed by atoms with Crippen LogP contribution >= 0.6 is 0 Å². The van der Waals surface area contributed by atoms with Gasteiger partial charge in [-0.15, -0.1) is 0 Å². The molecule has 0 aliphatic carbocycles. The minimum absolute atomic E-state index is 0.788. The first-order chi connectivity index (χ1) is 8.31. The zero-order chi connectivity index (χ0) is 12.5. The second kappa shape index (κ2) is 8.33. The molecule has 17 heavy (non-hydrogen) atoms. The van der Waals surface area contributed by atoms with Crippen LogP contribution in [0.5, 0.6) is 0 Å². The third-order valence-corrected chi connectivity index (χ3v) is 3.53. The van der Waals surface area contributed by atoms with Crippen molar-refractivity contribution in [2.45, 2.75) is 71.6 Å². The van der Waals surface area contributed by atoms with Crippen LogP contribution in [0.1, 0.15) is 76.3 Å². The monoisotopic (exact) mass is 232 g/mol. The lowest BCUT2D eigenvalue weighted by atomic mass is 9.89. The fourth-order valence-electron chi connectivity index (χ4n) is 2.52. The normalized spacial score (nSPS) is 12.6. The van der Waals surface area contributed by atoms with Gasteiger partial charge in [0.15, 0.2) is 0 Å². The maximum Gasteiger partial charge on any atom is -0.0162 e. The molecule has 0 N–H and O–H groups in total. The van der Waals surface area contributed by atoms with Gasteiger partial charge in [0.2, 0.25) is 0 Å². The summed E-state index contributed by atoms with van der Waals surface area (Å²) in [5, 5.41) is 0. The van der Waals surface area contributed by atoms with E-state index in [4.69, 9.17) is 0 Å². The summed E-state index contributed by atoms with van der Waals surface area (Å²) in [6.45, 7) is 6.83. The summed E-state index contributed by atoms with van der Waals surface area (Å²) in [5.74, 6) is 0.788. The molecule has 0 nitrogen and oxygen atoms in total. The van der Waals surface area contributed by atoms with E-state index in [-0.39, 0.29) is 0 Å². The first-order valence-corrected chi connectivity index (χ1v) is 7.40. The van der Waals surface area contributed by atoms with Gasteiger partial charge >= 0.3 is 0 Å². The number of aryl methyl sites for hydroxylation is 1. The van der Waals surface area contributed by atoms with Crippen molar-refractivity contribution in [3.63, 3.8) is 0 Å². The Morgan fingerprint density at radius 1 is 0.824 bits per heavy atom. The van der Waals surface area contributed by atoms with Crippen LogP contribution in [-0.2, 0) is 6.42 Å². The minimum atomic E-state index is 0.788. The topological polar surface area (TPSA) is 0 Å². The van der Waals surface area contributed by atoms with Crippen LogP contribution in [0.15, 0.2) is 24.3 Å². The van der Waals surface area contributed by atoms with E-state index in [0.717, 1.165) is 5.92 Å². The Hall–Kier alpha value is -0.780. The minimum Gasteiger partial charge on any atom is -0.0654 e. The number of hydrogen-bond acceptors (Lipinski definition) is 0. The Morgan fingerprint density at radius 3 is 2.06 bits per heavy atom. The average Bonchev–Trinajstić information content (AvgIpc) is 2.36. The zero-order valence-corrected chi connectivity index (χ0v) is 11.8. The van der Waals surface area contributed by atoms with Crippen LogP contribution in [0.2, 0.25) is 0 Å². The van der Waals surface area contributed by atoms with Gasteiger partial charge < -0.3 is 0 Å². The summed E-state index contributed by atoms with van der Waals surface area (Å²) in [6.07, 6.45) is 9.13. The van der Waals surface area contributed by atoms with Crippen molar-refractivity contribution in [2.24, 2.45) is 0 Å². The Bertz CT molecular complexity index is 283. The van der Waals surface area contributed by atoms with Gasteiger partial charge in [-0.25, -0.2) is 0 Å². The molecule has 1 rings (SSSR count). The molecule has 0 amide bonds. The van der Waals surface area contributed by atoms with E-state index in [1.165, 1.54) is 50.5 Å². The molecule has 0 spiro atoms. The standard InChI is InChI=1S/C17H28/c1-4-7-10-16(9-6-3)17-13-11-15(8-5-2)12-14-17/h11-14,16H,4-10H2,1-3H3. The molecule has 0 radical (unpaired) electrons. The van der Waals surface area contributed by atoms with Gasteiger partial charge in [-0.05, 0) is 36.3 Å². The summed E-state index contributed by atoms with van der Waals surface area (Å²) >= 11 is 0. The summed E-state index contributed by atoms with van der Waals surface area (Å²) in [4.78, 5) is 0. The average molecular weight is 232 g/mol. The maximum atomic E-state index is 2.36. The molecule has 0 bridgehead atoms. The Kier molecular flexibility index (Phi) is 7.00. The van der Waals surface area contributed by atoms with Gasteiger partial charge in [-0.1, -0.05) is 70.7 Å².